The highest BCUT2D eigenvalue weighted by Gasteiger charge is 2.36. The van der Waals surface area contributed by atoms with Crippen molar-refractivity contribution in [3.8, 4) is 0 Å². The molecule has 1 fully saturated rings. The van der Waals surface area contributed by atoms with Gasteiger partial charge in [-0.15, -0.1) is 0 Å². The van der Waals surface area contributed by atoms with Crippen LogP contribution in [0, 0.1) is 5.82 Å². The molecule has 2 unspecified atom stereocenters. The van der Waals surface area contributed by atoms with Gasteiger partial charge in [0, 0.05) is 75.4 Å². The van der Waals surface area contributed by atoms with Gasteiger partial charge in [0.05, 0.1) is 0 Å². The third-order valence-electron chi connectivity index (χ3n) is 6.82. The first-order chi connectivity index (χ1) is 15.5. The summed E-state index contributed by atoms with van der Waals surface area (Å²) in [7, 11) is 0. The number of nitrogens with zero attached hydrogens (tertiary/aromatic N) is 2. The molecule has 1 aliphatic carbocycles. The number of hydrogen-bond acceptors (Lipinski definition) is 4. The maximum absolute atomic E-state index is 13.5. The number of nitrogens with one attached hydrogen (secondary N) is 2. The van der Waals surface area contributed by atoms with Crippen LogP contribution in [0.25, 0.3) is 0 Å². The quantitative estimate of drug-likeness (QED) is 0.549. The van der Waals surface area contributed by atoms with E-state index in [-0.39, 0.29) is 11.7 Å². The van der Waals surface area contributed by atoms with E-state index < -0.39 is 0 Å². The van der Waals surface area contributed by atoms with Gasteiger partial charge in [0.15, 0.2) is 0 Å². The van der Waals surface area contributed by atoms with Gasteiger partial charge in [0.2, 0.25) is 0 Å². The zero-order valence-electron chi connectivity index (χ0n) is 19.3. The molecule has 32 heavy (non-hydrogen) atoms. The molecule has 1 heterocycles. The molecule has 0 spiro atoms. The topological polar surface area (TPSA) is 30.5 Å². The maximum atomic E-state index is 13.5. The molecule has 0 aromatic heterocycles. The lowest BCUT2D eigenvalue weighted by Gasteiger charge is -2.38. The van der Waals surface area contributed by atoms with Gasteiger partial charge in [0.1, 0.15) is 5.82 Å². The lowest BCUT2D eigenvalue weighted by molar-refractivity contribution is 0.0954. The summed E-state index contributed by atoms with van der Waals surface area (Å²) in [6.07, 6.45) is 1.03. The van der Waals surface area contributed by atoms with Gasteiger partial charge >= 0.3 is 0 Å². The maximum Gasteiger partial charge on any atom is 0.123 e. The highest BCUT2D eigenvalue weighted by Crippen LogP contribution is 2.47. The minimum atomic E-state index is -0.184. The molecule has 0 radical (unpaired) electrons. The van der Waals surface area contributed by atoms with Crippen LogP contribution in [0.15, 0.2) is 42.5 Å². The van der Waals surface area contributed by atoms with Crippen LogP contribution in [0.2, 0.25) is 5.02 Å². The number of rotatable bonds is 9. The molecular weight excluding hydrogens is 423 g/mol. The van der Waals surface area contributed by atoms with E-state index in [1.165, 1.54) is 16.7 Å². The zero-order valence-corrected chi connectivity index (χ0v) is 20.0. The summed E-state index contributed by atoms with van der Waals surface area (Å²) in [5.41, 5.74) is 3.86. The standard InChI is InChI=1S/C26H36ClFN4/c1-19(2)30-10-9-29-11-12-31-13-15-32(16-14-31)26-18-24(20-3-6-22(28)7-4-20)25-17-21(27)5-8-23(25)26/h3-8,17,19,24,26,29-30H,9-16,18H2,1-2H3. The van der Waals surface area contributed by atoms with Crippen molar-refractivity contribution < 1.29 is 4.39 Å². The van der Waals surface area contributed by atoms with Crippen LogP contribution in [-0.4, -0.2) is 68.2 Å². The average Bonchev–Trinajstić information content (AvgIpc) is 3.15. The number of benzene rings is 2. The summed E-state index contributed by atoms with van der Waals surface area (Å²) >= 11 is 6.36. The minimum Gasteiger partial charge on any atom is -0.314 e. The molecule has 2 aromatic rings. The van der Waals surface area contributed by atoms with Gasteiger partial charge < -0.3 is 10.6 Å². The van der Waals surface area contributed by atoms with Gasteiger partial charge in [0.25, 0.3) is 0 Å². The fourth-order valence-electron chi connectivity index (χ4n) is 5.09. The molecule has 0 saturated carbocycles. The SMILES string of the molecule is CC(C)NCCNCCN1CCN(C2CC(c3ccc(F)cc3)c3cc(Cl)ccc32)CC1. The molecule has 2 atom stereocenters. The molecule has 174 valence electrons. The normalized spacial score (nSPS) is 21.9. The third kappa shape index (κ3) is 5.89. The number of piperazine rings is 1. The summed E-state index contributed by atoms with van der Waals surface area (Å²) in [5, 5.41) is 7.76. The van der Waals surface area contributed by atoms with Gasteiger partial charge in [-0.2, -0.15) is 0 Å². The van der Waals surface area contributed by atoms with E-state index in [0.29, 0.717) is 12.1 Å². The predicted octanol–water partition coefficient (Wildman–Crippen LogP) is 4.26. The monoisotopic (exact) mass is 458 g/mol. The molecule has 4 nitrogen and oxygen atoms in total. The smallest absolute Gasteiger partial charge is 0.123 e. The van der Waals surface area contributed by atoms with Crippen molar-refractivity contribution >= 4 is 11.6 Å². The Bertz CT molecular complexity index is 865. The summed E-state index contributed by atoms with van der Waals surface area (Å²) in [6.45, 7) is 12.9. The van der Waals surface area contributed by atoms with Crippen LogP contribution in [0.3, 0.4) is 0 Å². The number of halogens is 2. The van der Waals surface area contributed by atoms with E-state index in [0.717, 1.165) is 63.8 Å². The predicted molar refractivity (Wildman–Crippen MR) is 131 cm³/mol. The largest absolute Gasteiger partial charge is 0.314 e. The fourth-order valence-corrected chi connectivity index (χ4v) is 5.28. The second kappa shape index (κ2) is 11.1. The van der Waals surface area contributed by atoms with Gasteiger partial charge in [-0.1, -0.05) is 43.6 Å². The van der Waals surface area contributed by atoms with Gasteiger partial charge in [-0.3, -0.25) is 9.80 Å². The van der Waals surface area contributed by atoms with Crippen molar-refractivity contribution in [3.63, 3.8) is 0 Å². The molecule has 2 aliphatic rings. The third-order valence-corrected chi connectivity index (χ3v) is 7.06. The Morgan fingerprint density at radius 1 is 0.969 bits per heavy atom. The van der Waals surface area contributed by atoms with Gasteiger partial charge in [-0.25, -0.2) is 4.39 Å². The minimum absolute atomic E-state index is 0.184. The first-order valence-corrected chi connectivity index (χ1v) is 12.3. The Hall–Kier alpha value is -1.50. The molecule has 4 rings (SSSR count). The summed E-state index contributed by atoms with van der Waals surface area (Å²) in [5.74, 6) is 0.0902. The van der Waals surface area contributed by atoms with E-state index in [1.807, 2.05) is 18.2 Å². The van der Waals surface area contributed by atoms with Crippen molar-refractivity contribution in [2.45, 2.75) is 38.3 Å². The van der Waals surface area contributed by atoms with Crippen LogP contribution in [-0.2, 0) is 0 Å². The van der Waals surface area contributed by atoms with Gasteiger partial charge in [-0.05, 0) is 47.4 Å². The molecule has 0 bridgehead atoms. The van der Waals surface area contributed by atoms with Crippen LogP contribution >= 0.6 is 11.6 Å². The summed E-state index contributed by atoms with van der Waals surface area (Å²) < 4.78 is 13.5. The van der Waals surface area contributed by atoms with E-state index in [9.17, 15) is 4.39 Å². The molecule has 1 saturated heterocycles. The second-order valence-corrected chi connectivity index (χ2v) is 9.80. The Kier molecular flexibility index (Phi) is 8.19. The van der Waals surface area contributed by atoms with E-state index in [2.05, 4.69) is 46.4 Å². The summed E-state index contributed by atoms with van der Waals surface area (Å²) in [4.78, 5) is 5.20. The van der Waals surface area contributed by atoms with E-state index >= 15 is 0 Å². The van der Waals surface area contributed by atoms with Crippen LogP contribution < -0.4 is 10.6 Å². The van der Waals surface area contributed by atoms with Crippen LogP contribution in [0.5, 0.6) is 0 Å². The fraction of sp³-hybridized carbons (Fsp3) is 0.538. The van der Waals surface area contributed by atoms with Crippen molar-refractivity contribution in [2.24, 2.45) is 0 Å². The molecule has 6 heteroatoms. The highest BCUT2D eigenvalue weighted by molar-refractivity contribution is 6.30. The highest BCUT2D eigenvalue weighted by atomic mass is 35.5. The summed E-state index contributed by atoms with van der Waals surface area (Å²) in [6, 6.07) is 14.3. The Labute approximate surface area is 197 Å². The van der Waals surface area contributed by atoms with Crippen molar-refractivity contribution in [1.29, 1.82) is 0 Å². The van der Waals surface area contributed by atoms with Crippen LogP contribution in [0.4, 0.5) is 4.39 Å². The molecular formula is C26H36ClFN4. The van der Waals surface area contributed by atoms with Crippen molar-refractivity contribution in [2.75, 3.05) is 52.4 Å². The molecule has 1 aliphatic heterocycles. The van der Waals surface area contributed by atoms with Crippen molar-refractivity contribution in [1.82, 2.24) is 20.4 Å². The number of fused-ring (bicyclic) bond motifs is 1. The molecule has 2 aromatic carbocycles. The Balaban J connectivity index is 1.32. The van der Waals surface area contributed by atoms with E-state index in [4.69, 9.17) is 11.6 Å². The Morgan fingerprint density at radius 3 is 2.44 bits per heavy atom. The molecule has 0 amide bonds. The lowest BCUT2D eigenvalue weighted by atomic mass is 9.93. The zero-order chi connectivity index (χ0) is 22.5. The van der Waals surface area contributed by atoms with Crippen molar-refractivity contribution in [3.05, 3.63) is 70.0 Å². The van der Waals surface area contributed by atoms with Crippen LogP contribution in [0.1, 0.15) is 48.9 Å². The first kappa shape index (κ1) is 23.7. The molecule has 2 N–H and O–H groups in total. The number of hydrogen-bond donors (Lipinski definition) is 2. The first-order valence-electron chi connectivity index (χ1n) is 12.0. The van der Waals surface area contributed by atoms with E-state index in [1.54, 1.807) is 12.1 Å². The lowest BCUT2D eigenvalue weighted by Crippen LogP contribution is -2.49. The Morgan fingerprint density at radius 2 is 1.72 bits per heavy atom. The second-order valence-electron chi connectivity index (χ2n) is 9.37. The average molecular weight is 459 g/mol.